The van der Waals surface area contributed by atoms with Gasteiger partial charge < -0.3 is 19.9 Å². The second-order valence-corrected chi connectivity index (χ2v) is 12.8. The maximum Gasteiger partial charge on any atom is 0.289 e. The summed E-state index contributed by atoms with van der Waals surface area (Å²) < 4.78 is 50.7. The molecule has 1 unspecified atom stereocenters. The standard InChI is InChI=1S/C29H29FN8O7S/c30-18-7-10-20-23(11-18)37(28(40)14-32-20)15-21(36-46(43,44)25-4-2-1-3-22(25)38(41)42)17-5-8-19(9-6-17)31-13-26-33-12-24-29(34-26)35-27(39)16-45-24/h1-4,7,10-12,14,17,19,21,31,36H,5-6,8-9,13,15-16H2,(H,33,34,35,39)/t17-,19-,21?. The van der Waals surface area contributed by atoms with E-state index < -0.39 is 42.9 Å². The molecule has 0 radical (unpaired) electrons. The lowest BCUT2D eigenvalue weighted by Crippen LogP contribution is -2.47. The van der Waals surface area contributed by atoms with E-state index in [9.17, 15) is 32.5 Å². The van der Waals surface area contributed by atoms with Gasteiger partial charge in [-0.05, 0) is 55.9 Å². The van der Waals surface area contributed by atoms with Gasteiger partial charge >= 0.3 is 0 Å². The first-order chi connectivity index (χ1) is 22.1. The number of carbonyl (C=O) groups is 1. The van der Waals surface area contributed by atoms with Crippen molar-refractivity contribution in [2.75, 3.05) is 11.9 Å². The molecule has 15 nitrogen and oxygen atoms in total. The average molecular weight is 653 g/mol. The van der Waals surface area contributed by atoms with Crippen molar-refractivity contribution in [2.45, 2.75) is 55.8 Å². The monoisotopic (exact) mass is 652 g/mol. The Bertz CT molecular complexity index is 1980. The van der Waals surface area contributed by atoms with Gasteiger partial charge in [0.2, 0.25) is 10.0 Å². The van der Waals surface area contributed by atoms with Crippen molar-refractivity contribution in [3.8, 4) is 5.75 Å². The zero-order valence-corrected chi connectivity index (χ0v) is 25.1. The number of hydrogen-bond acceptors (Lipinski definition) is 11. The Morgan fingerprint density at radius 1 is 1.11 bits per heavy atom. The first-order valence-corrected chi connectivity index (χ1v) is 16.0. The molecule has 240 valence electrons. The number of hydrogen-bond donors (Lipinski definition) is 3. The fourth-order valence-electron chi connectivity index (χ4n) is 5.86. The Hall–Kier alpha value is -4.87. The van der Waals surface area contributed by atoms with E-state index in [2.05, 4.69) is 30.3 Å². The van der Waals surface area contributed by atoms with Crippen LogP contribution in [0, 0.1) is 21.8 Å². The Labute approximate surface area is 261 Å². The molecule has 2 aromatic heterocycles. The molecule has 0 saturated heterocycles. The number of sulfonamides is 1. The fraction of sp³-hybridized carbons (Fsp3) is 0.345. The van der Waals surface area contributed by atoms with Gasteiger partial charge in [-0.2, -0.15) is 0 Å². The Morgan fingerprint density at radius 3 is 2.67 bits per heavy atom. The van der Waals surface area contributed by atoms with E-state index in [1.807, 2.05) is 0 Å². The van der Waals surface area contributed by atoms with Crippen LogP contribution in [0.25, 0.3) is 11.0 Å². The lowest BCUT2D eigenvalue weighted by atomic mass is 9.81. The van der Waals surface area contributed by atoms with E-state index in [0.717, 1.165) is 18.3 Å². The normalized spacial score (nSPS) is 18.8. The van der Waals surface area contributed by atoms with E-state index in [1.54, 1.807) is 0 Å². The van der Waals surface area contributed by atoms with Gasteiger partial charge in [0, 0.05) is 24.7 Å². The van der Waals surface area contributed by atoms with Crippen molar-refractivity contribution in [2.24, 2.45) is 5.92 Å². The van der Waals surface area contributed by atoms with Crippen LogP contribution in [0.5, 0.6) is 5.75 Å². The highest BCUT2D eigenvalue weighted by molar-refractivity contribution is 7.89. The predicted molar refractivity (Wildman–Crippen MR) is 162 cm³/mol. The number of aromatic nitrogens is 4. The molecule has 0 bridgehead atoms. The van der Waals surface area contributed by atoms with Crippen LogP contribution in [0.2, 0.25) is 0 Å². The number of benzene rings is 2. The maximum absolute atomic E-state index is 14.2. The number of nitrogens with one attached hydrogen (secondary N) is 3. The van der Waals surface area contributed by atoms with E-state index >= 15 is 0 Å². The summed E-state index contributed by atoms with van der Waals surface area (Å²) in [5, 5.41) is 17.7. The zero-order chi connectivity index (χ0) is 32.4. The van der Waals surface area contributed by atoms with Gasteiger partial charge in [-0.15, -0.1) is 0 Å². The van der Waals surface area contributed by atoms with Crippen molar-refractivity contribution < 1.29 is 27.3 Å². The van der Waals surface area contributed by atoms with Crippen LogP contribution < -0.4 is 25.7 Å². The van der Waals surface area contributed by atoms with E-state index in [-0.39, 0.29) is 36.5 Å². The molecule has 2 aromatic carbocycles. The molecule has 46 heavy (non-hydrogen) atoms. The first kappa shape index (κ1) is 31.1. The third kappa shape index (κ3) is 6.70. The van der Waals surface area contributed by atoms with Crippen LogP contribution in [0.3, 0.4) is 0 Å². The molecule has 1 aliphatic carbocycles. The van der Waals surface area contributed by atoms with Crippen LogP contribution in [0.1, 0.15) is 31.5 Å². The molecular formula is C29H29FN8O7S. The average Bonchev–Trinajstić information content (AvgIpc) is 3.04. The smallest absolute Gasteiger partial charge is 0.289 e. The molecule has 3 N–H and O–H groups in total. The third-order valence-electron chi connectivity index (χ3n) is 8.16. The van der Waals surface area contributed by atoms with Crippen molar-refractivity contribution >= 4 is 38.5 Å². The molecule has 2 aliphatic rings. The Kier molecular flexibility index (Phi) is 8.70. The number of carbonyl (C=O) groups excluding carboxylic acids is 1. The Morgan fingerprint density at radius 2 is 1.89 bits per heavy atom. The van der Waals surface area contributed by atoms with E-state index in [4.69, 9.17) is 4.74 Å². The SMILES string of the molecule is O=C1COc2cnc(CN[C@H]3CC[C@H](C(Cn4c(=O)cnc5ccc(F)cc54)NS(=O)(=O)c4ccccc4[N+](=O)[O-])CC3)nc2N1. The summed E-state index contributed by atoms with van der Waals surface area (Å²) in [7, 11) is -4.42. The molecule has 3 heterocycles. The number of anilines is 1. The molecular weight excluding hydrogens is 623 g/mol. The predicted octanol–water partition coefficient (Wildman–Crippen LogP) is 2.26. The zero-order valence-electron chi connectivity index (χ0n) is 24.3. The molecule has 1 fully saturated rings. The molecule has 0 spiro atoms. The number of halogens is 1. The summed E-state index contributed by atoms with van der Waals surface area (Å²) in [4.78, 5) is 47.7. The molecule has 1 amide bonds. The molecule has 1 atom stereocenters. The molecule has 1 aliphatic heterocycles. The summed E-state index contributed by atoms with van der Waals surface area (Å²) in [6, 6.07) is 8.00. The number of nitro groups is 1. The van der Waals surface area contributed by atoms with Crippen molar-refractivity contribution in [3.63, 3.8) is 0 Å². The van der Waals surface area contributed by atoms with Gasteiger partial charge in [0.05, 0.1) is 34.9 Å². The highest BCUT2D eigenvalue weighted by Crippen LogP contribution is 2.31. The highest BCUT2D eigenvalue weighted by Gasteiger charge is 2.34. The lowest BCUT2D eigenvalue weighted by molar-refractivity contribution is -0.387. The van der Waals surface area contributed by atoms with Gasteiger partial charge in [-0.1, -0.05) is 12.1 Å². The minimum absolute atomic E-state index is 0.0350. The van der Waals surface area contributed by atoms with Crippen LogP contribution in [0.4, 0.5) is 15.9 Å². The number of ether oxygens (including phenoxy) is 1. The molecule has 1 saturated carbocycles. The van der Waals surface area contributed by atoms with Crippen LogP contribution >= 0.6 is 0 Å². The van der Waals surface area contributed by atoms with Gasteiger partial charge in [-0.25, -0.2) is 32.5 Å². The number of amides is 1. The molecule has 17 heteroatoms. The number of nitro benzene ring substituents is 1. The summed E-state index contributed by atoms with van der Waals surface area (Å²) in [6.45, 7) is 0.0658. The summed E-state index contributed by atoms with van der Waals surface area (Å²) >= 11 is 0. The van der Waals surface area contributed by atoms with Crippen LogP contribution in [0.15, 0.2) is 64.5 Å². The maximum atomic E-state index is 14.2. The minimum Gasteiger partial charge on any atom is -0.478 e. The number of nitrogens with zero attached hydrogens (tertiary/aromatic N) is 5. The summed E-state index contributed by atoms with van der Waals surface area (Å²) in [5.74, 6) is -0.0106. The second-order valence-electron chi connectivity index (χ2n) is 11.1. The van der Waals surface area contributed by atoms with Crippen LogP contribution in [-0.4, -0.2) is 57.5 Å². The van der Waals surface area contributed by atoms with Gasteiger partial charge in [0.25, 0.3) is 17.2 Å². The van der Waals surface area contributed by atoms with Crippen molar-refractivity contribution in [3.05, 3.63) is 87.0 Å². The van der Waals surface area contributed by atoms with Crippen molar-refractivity contribution in [1.29, 1.82) is 0 Å². The Balaban J connectivity index is 1.22. The second kappa shape index (κ2) is 12.9. The minimum atomic E-state index is -4.42. The van der Waals surface area contributed by atoms with Crippen LogP contribution in [-0.2, 0) is 27.9 Å². The van der Waals surface area contributed by atoms with E-state index in [1.165, 1.54) is 41.1 Å². The fourth-order valence-corrected chi connectivity index (χ4v) is 7.33. The summed E-state index contributed by atoms with van der Waals surface area (Å²) in [5.41, 5.74) is -0.574. The molecule has 4 aromatic rings. The largest absolute Gasteiger partial charge is 0.478 e. The first-order valence-electron chi connectivity index (χ1n) is 14.5. The van der Waals surface area contributed by atoms with Crippen molar-refractivity contribution in [1.82, 2.24) is 29.6 Å². The quantitative estimate of drug-likeness (QED) is 0.168. The van der Waals surface area contributed by atoms with Gasteiger partial charge in [0.15, 0.2) is 23.1 Å². The van der Waals surface area contributed by atoms with Gasteiger partial charge in [-0.3, -0.25) is 19.7 Å². The number of rotatable bonds is 10. The highest BCUT2D eigenvalue weighted by atomic mass is 32.2. The third-order valence-corrected chi connectivity index (χ3v) is 9.69. The topological polar surface area (TPSA) is 200 Å². The van der Waals surface area contributed by atoms with Gasteiger partial charge in [0.1, 0.15) is 11.6 Å². The number of para-hydroxylation sites is 1. The van der Waals surface area contributed by atoms with E-state index in [0.29, 0.717) is 55.1 Å². The molecule has 6 rings (SSSR count). The number of fused-ring (bicyclic) bond motifs is 2. The lowest BCUT2D eigenvalue weighted by Gasteiger charge is -2.35. The summed E-state index contributed by atoms with van der Waals surface area (Å²) in [6.07, 6.45) is 4.96.